The van der Waals surface area contributed by atoms with Gasteiger partial charge in [-0.25, -0.2) is 0 Å². The molecule has 1 atom stereocenters. The zero-order valence-corrected chi connectivity index (χ0v) is 12.2. The summed E-state index contributed by atoms with van der Waals surface area (Å²) in [7, 11) is 0. The molecule has 4 nitrogen and oxygen atoms in total. The van der Waals surface area contributed by atoms with Gasteiger partial charge in [-0.05, 0) is 18.2 Å². The number of aliphatic hydroxyl groups is 1. The molecule has 1 unspecified atom stereocenters. The summed E-state index contributed by atoms with van der Waals surface area (Å²) in [6.07, 6.45) is -1.12. The minimum Gasteiger partial charge on any atom is -0.417 e. The highest BCUT2D eigenvalue weighted by Crippen LogP contribution is 2.33. The van der Waals surface area contributed by atoms with Gasteiger partial charge in [0.25, 0.3) is 0 Å². The lowest BCUT2D eigenvalue weighted by Crippen LogP contribution is -2.01. The average molecular weight is 321 g/mol. The summed E-state index contributed by atoms with van der Waals surface area (Å²) in [4.78, 5) is 0. The van der Waals surface area contributed by atoms with Crippen molar-refractivity contribution in [3.05, 3.63) is 70.0 Å². The van der Waals surface area contributed by atoms with Crippen molar-refractivity contribution in [3.63, 3.8) is 0 Å². The molecule has 0 aliphatic rings. The topological polar surface area (TPSA) is 59.2 Å². The maximum atomic E-state index is 10.3. The molecular formula is C15H10Cl2N2O2. The molecule has 1 heterocycles. The molecule has 3 rings (SSSR count). The van der Waals surface area contributed by atoms with Crippen LogP contribution in [0.4, 0.5) is 0 Å². The molecule has 2 aromatic carbocycles. The number of aliphatic hydroxyl groups excluding tert-OH is 1. The van der Waals surface area contributed by atoms with Crippen LogP contribution in [0.15, 0.2) is 52.9 Å². The predicted octanol–water partition coefficient (Wildman–Crippen LogP) is 4.13. The molecule has 0 aliphatic carbocycles. The van der Waals surface area contributed by atoms with E-state index in [1.54, 1.807) is 18.2 Å². The van der Waals surface area contributed by atoms with Gasteiger partial charge in [0.1, 0.15) is 0 Å². The first-order chi connectivity index (χ1) is 10.2. The third-order valence-electron chi connectivity index (χ3n) is 2.97. The van der Waals surface area contributed by atoms with Crippen molar-refractivity contribution in [1.29, 1.82) is 0 Å². The van der Waals surface area contributed by atoms with Crippen LogP contribution in [-0.4, -0.2) is 15.3 Å². The summed E-state index contributed by atoms with van der Waals surface area (Å²) < 4.78 is 5.51. The number of hydrogen-bond donors (Lipinski definition) is 1. The largest absolute Gasteiger partial charge is 0.417 e. The van der Waals surface area contributed by atoms with Crippen LogP contribution in [0.2, 0.25) is 10.0 Å². The Balaban J connectivity index is 1.95. The van der Waals surface area contributed by atoms with Crippen LogP contribution < -0.4 is 0 Å². The Morgan fingerprint density at radius 1 is 0.952 bits per heavy atom. The average Bonchev–Trinajstić information content (AvgIpc) is 3.00. The lowest BCUT2D eigenvalue weighted by molar-refractivity contribution is 0.183. The third-order valence-corrected chi connectivity index (χ3v) is 3.80. The number of rotatable bonds is 3. The van der Waals surface area contributed by atoms with Crippen LogP contribution in [0.1, 0.15) is 17.6 Å². The fraction of sp³-hybridized carbons (Fsp3) is 0.0667. The minimum atomic E-state index is -1.12. The van der Waals surface area contributed by atoms with Crippen LogP contribution in [-0.2, 0) is 0 Å². The van der Waals surface area contributed by atoms with Gasteiger partial charge in [0, 0.05) is 11.1 Å². The molecule has 0 amide bonds. The molecule has 0 bridgehead atoms. The maximum Gasteiger partial charge on any atom is 0.249 e. The van der Waals surface area contributed by atoms with Crippen LogP contribution in [0.5, 0.6) is 0 Å². The summed E-state index contributed by atoms with van der Waals surface area (Å²) in [5.41, 5.74) is 1.20. The zero-order valence-electron chi connectivity index (χ0n) is 10.7. The van der Waals surface area contributed by atoms with E-state index in [0.29, 0.717) is 16.5 Å². The van der Waals surface area contributed by atoms with Crippen molar-refractivity contribution < 1.29 is 9.52 Å². The molecule has 3 aromatic rings. The molecule has 1 aromatic heterocycles. The molecule has 0 fully saturated rings. The Morgan fingerprint density at radius 3 is 2.48 bits per heavy atom. The van der Waals surface area contributed by atoms with Gasteiger partial charge < -0.3 is 9.52 Å². The smallest absolute Gasteiger partial charge is 0.249 e. The number of nitrogens with zero attached hydrogens (tertiary/aromatic N) is 2. The monoisotopic (exact) mass is 320 g/mol. The Labute approximate surface area is 131 Å². The van der Waals surface area contributed by atoms with E-state index >= 15 is 0 Å². The first-order valence-electron chi connectivity index (χ1n) is 6.17. The van der Waals surface area contributed by atoms with E-state index in [0.717, 1.165) is 5.56 Å². The minimum absolute atomic E-state index is 0.0676. The van der Waals surface area contributed by atoms with Crippen molar-refractivity contribution in [3.8, 4) is 11.5 Å². The number of halogens is 2. The fourth-order valence-electron chi connectivity index (χ4n) is 1.91. The highest BCUT2D eigenvalue weighted by molar-refractivity contribution is 6.42. The van der Waals surface area contributed by atoms with Gasteiger partial charge in [-0.1, -0.05) is 53.5 Å². The van der Waals surface area contributed by atoms with Gasteiger partial charge in [0.2, 0.25) is 11.8 Å². The lowest BCUT2D eigenvalue weighted by atomic mass is 10.1. The Hall–Kier alpha value is -1.88. The second kappa shape index (κ2) is 5.85. The van der Waals surface area contributed by atoms with Crippen molar-refractivity contribution in [2.24, 2.45) is 0 Å². The van der Waals surface area contributed by atoms with Crippen molar-refractivity contribution in [2.75, 3.05) is 0 Å². The summed E-state index contributed by atoms with van der Waals surface area (Å²) in [6, 6.07) is 14.3. The Morgan fingerprint density at radius 2 is 1.71 bits per heavy atom. The molecule has 0 aliphatic heterocycles. The number of aromatic nitrogens is 2. The van der Waals surface area contributed by atoms with E-state index < -0.39 is 6.10 Å². The van der Waals surface area contributed by atoms with Gasteiger partial charge in [0.05, 0.1) is 10.0 Å². The summed E-state index contributed by atoms with van der Waals surface area (Å²) >= 11 is 12.0. The molecule has 106 valence electrons. The predicted molar refractivity (Wildman–Crippen MR) is 80.3 cm³/mol. The van der Waals surface area contributed by atoms with Gasteiger partial charge in [-0.2, -0.15) is 0 Å². The highest BCUT2D eigenvalue weighted by Gasteiger charge is 2.21. The standard InChI is InChI=1S/C15H10Cl2N2O2/c16-11-8-4-7-10(12(11)17)13(20)15-19-18-14(21-15)9-5-2-1-3-6-9/h1-8,13,20H. The molecular weight excluding hydrogens is 311 g/mol. The van der Waals surface area contributed by atoms with E-state index in [1.807, 2.05) is 30.3 Å². The second-order valence-corrected chi connectivity index (χ2v) is 5.14. The molecule has 6 heteroatoms. The molecule has 21 heavy (non-hydrogen) atoms. The first-order valence-corrected chi connectivity index (χ1v) is 6.93. The number of benzene rings is 2. The zero-order chi connectivity index (χ0) is 14.8. The first kappa shape index (κ1) is 14.1. The van der Waals surface area contributed by atoms with E-state index in [4.69, 9.17) is 27.6 Å². The SMILES string of the molecule is OC(c1nnc(-c2ccccc2)o1)c1cccc(Cl)c1Cl. The van der Waals surface area contributed by atoms with Crippen LogP contribution in [0.25, 0.3) is 11.5 Å². The third kappa shape index (κ3) is 2.78. The van der Waals surface area contributed by atoms with Crippen molar-refractivity contribution in [1.82, 2.24) is 10.2 Å². The summed E-state index contributed by atoms with van der Waals surface area (Å²) in [6.45, 7) is 0. The number of hydrogen-bond acceptors (Lipinski definition) is 4. The van der Waals surface area contributed by atoms with E-state index in [9.17, 15) is 5.11 Å². The molecule has 0 spiro atoms. The van der Waals surface area contributed by atoms with Crippen molar-refractivity contribution in [2.45, 2.75) is 6.10 Å². The Kier molecular flexibility index (Phi) is 3.92. The van der Waals surface area contributed by atoms with Crippen LogP contribution in [0.3, 0.4) is 0 Å². The van der Waals surface area contributed by atoms with Crippen LogP contribution >= 0.6 is 23.2 Å². The summed E-state index contributed by atoms with van der Waals surface area (Å²) in [5.74, 6) is 0.404. The Bertz CT molecular complexity index is 759. The maximum absolute atomic E-state index is 10.3. The van der Waals surface area contributed by atoms with Crippen LogP contribution in [0, 0.1) is 0 Å². The molecule has 0 saturated heterocycles. The molecule has 0 radical (unpaired) electrons. The normalized spacial score (nSPS) is 12.3. The molecule has 1 N–H and O–H groups in total. The quantitative estimate of drug-likeness (QED) is 0.788. The van der Waals surface area contributed by atoms with Gasteiger partial charge >= 0.3 is 0 Å². The summed E-state index contributed by atoms with van der Waals surface area (Å²) in [5, 5.41) is 18.7. The van der Waals surface area contributed by atoms with Gasteiger partial charge in [-0.15, -0.1) is 10.2 Å². The fourth-order valence-corrected chi connectivity index (χ4v) is 2.32. The highest BCUT2D eigenvalue weighted by atomic mass is 35.5. The molecule has 0 saturated carbocycles. The van der Waals surface area contributed by atoms with E-state index in [2.05, 4.69) is 10.2 Å². The van der Waals surface area contributed by atoms with E-state index in [1.165, 1.54) is 0 Å². The van der Waals surface area contributed by atoms with E-state index in [-0.39, 0.29) is 10.9 Å². The van der Waals surface area contributed by atoms with Gasteiger partial charge in [0.15, 0.2) is 6.10 Å². The second-order valence-electron chi connectivity index (χ2n) is 4.36. The lowest BCUT2D eigenvalue weighted by Gasteiger charge is -2.09. The van der Waals surface area contributed by atoms with Gasteiger partial charge in [-0.3, -0.25) is 0 Å². The van der Waals surface area contributed by atoms with Crippen molar-refractivity contribution >= 4 is 23.2 Å².